The number of amides is 1. The third kappa shape index (κ3) is 4.51. The zero-order valence-corrected chi connectivity index (χ0v) is 18.3. The number of hydrogen-bond donors (Lipinski definition) is 1. The molecule has 0 unspecified atom stereocenters. The molecule has 2 aliphatic rings. The minimum absolute atomic E-state index is 0.0107. The van der Waals surface area contributed by atoms with Crippen LogP contribution in [0.1, 0.15) is 5.56 Å². The second-order valence-electron chi connectivity index (χ2n) is 7.80. The fraction of sp³-hybridized carbons (Fsp3) is 0.304. The fourth-order valence-electron chi connectivity index (χ4n) is 3.97. The number of piperazine rings is 1. The van der Waals surface area contributed by atoms with Gasteiger partial charge in [0.15, 0.2) is 11.5 Å². The first-order chi connectivity index (χ1) is 15.7. The van der Waals surface area contributed by atoms with Gasteiger partial charge in [-0.15, -0.1) is 0 Å². The molecule has 2 aliphatic heterocycles. The van der Waals surface area contributed by atoms with Gasteiger partial charge >= 0.3 is 0 Å². The Bertz CT molecular complexity index is 1110. The van der Waals surface area contributed by atoms with E-state index in [1.165, 1.54) is 0 Å². The van der Waals surface area contributed by atoms with Crippen LogP contribution in [0.5, 0.6) is 11.5 Å². The summed E-state index contributed by atoms with van der Waals surface area (Å²) in [4.78, 5) is 21.4. The van der Waals surface area contributed by atoms with Crippen molar-refractivity contribution in [2.24, 2.45) is 0 Å². The molecule has 3 heterocycles. The van der Waals surface area contributed by atoms with Gasteiger partial charge in [0.2, 0.25) is 18.6 Å². The molecule has 0 saturated carbocycles. The van der Waals surface area contributed by atoms with E-state index in [9.17, 15) is 4.79 Å². The lowest BCUT2D eigenvalue weighted by molar-refractivity contribution is -0.122. The van der Waals surface area contributed by atoms with Crippen LogP contribution in [0.15, 0.2) is 54.9 Å². The van der Waals surface area contributed by atoms with Gasteiger partial charge in [0.1, 0.15) is 0 Å². The molecule has 2 aromatic carbocycles. The molecular formula is C23H24ClN5O3. The summed E-state index contributed by atoms with van der Waals surface area (Å²) >= 11 is 6.15. The third-order valence-electron chi connectivity index (χ3n) is 5.66. The Morgan fingerprint density at radius 2 is 1.91 bits per heavy atom. The van der Waals surface area contributed by atoms with Gasteiger partial charge < -0.3 is 19.7 Å². The second-order valence-corrected chi connectivity index (χ2v) is 8.24. The van der Waals surface area contributed by atoms with Gasteiger partial charge in [-0.25, -0.2) is 4.98 Å². The van der Waals surface area contributed by atoms with Crippen LogP contribution in [0.4, 0.5) is 5.95 Å². The molecule has 3 aromatic rings. The SMILES string of the molecule is O=C(CN1CCN(c2nccn2-c2cccc(Cl)c2)CC1)NCc1ccc2c(c1)OCO2. The number of imidazole rings is 1. The van der Waals surface area contributed by atoms with Crippen molar-refractivity contribution in [3.8, 4) is 17.2 Å². The number of anilines is 1. The van der Waals surface area contributed by atoms with Crippen molar-refractivity contribution in [3.05, 3.63) is 65.4 Å². The van der Waals surface area contributed by atoms with Crippen molar-refractivity contribution in [3.63, 3.8) is 0 Å². The molecule has 1 amide bonds. The summed E-state index contributed by atoms with van der Waals surface area (Å²) in [5.74, 6) is 2.37. The maximum atomic E-state index is 12.4. The zero-order chi connectivity index (χ0) is 21.9. The summed E-state index contributed by atoms with van der Waals surface area (Å²) in [6, 6.07) is 13.4. The Kier molecular flexibility index (Phi) is 5.87. The molecule has 1 N–H and O–H groups in total. The largest absolute Gasteiger partial charge is 0.454 e. The smallest absolute Gasteiger partial charge is 0.234 e. The number of rotatable bonds is 6. The van der Waals surface area contributed by atoms with E-state index in [2.05, 4.69) is 20.1 Å². The molecule has 166 valence electrons. The first-order valence-electron chi connectivity index (χ1n) is 10.6. The average Bonchev–Trinajstić information content (AvgIpc) is 3.47. The normalized spacial score (nSPS) is 15.7. The number of fused-ring (bicyclic) bond motifs is 1. The van der Waals surface area contributed by atoms with Crippen molar-refractivity contribution in [2.45, 2.75) is 6.54 Å². The second kappa shape index (κ2) is 9.10. The van der Waals surface area contributed by atoms with Gasteiger partial charge in [0.25, 0.3) is 0 Å². The van der Waals surface area contributed by atoms with Gasteiger partial charge in [0.05, 0.1) is 6.54 Å². The van der Waals surface area contributed by atoms with Crippen molar-refractivity contribution in [1.29, 1.82) is 0 Å². The first-order valence-corrected chi connectivity index (χ1v) is 11.0. The van der Waals surface area contributed by atoms with Crippen molar-refractivity contribution in [2.75, 3.05) is 44.4 Å². The van der Waals surface area contributed by atoms with E-state index in [-0.39, 0.29) is 12.7 Å². The number of benzene rings is 2. The van der Waals surface area contributed by atoms with Crippen LogP contribution in [-0.4, -0.2) is 59.9 Å². The van der Waals surface area contributed by atoms with Crippen LogP contribution in [0.3, 0.4) is 0 Å². The van der Waals surface area contributed by atoms with Crippen LogP contribution >= 0.6 is 11.6 Å². The molecule has 1 fully saturated rings. The quantitative estimate of drug-likeness (QED) is 0.618. The van der Waals surface area contributed by atoms with Crippen LogP contribution in [0, 0.1) is 0 Å². The highest BCUT2D eigenvalue weighted by molar-refractivity contribution is 6.30. The van der Waals surface area contributed by atoms with E-state index in [1.54, 1.807) is 6.20 Å². The van der Waals surface area contributed by atoms with Gasteiger partial charge in [-0.1, -0.05) is 23.7 Å². The standard InChI is InChI=1S/C23H24ClN5O3/c24-18-2-1-3-19(13-18)29-7-6-25-23(29)28-10-8-27(9-11-28)15-22(30)26-14-17-4-5-20-21(12-17)32-16-31-20/h1-7,12-13H,8-11,14-16H2,(H,26,30). The molecule has 0 bridgehead atoms. The van der Waals surface area contributed by atoms with Crippen LogP contribution in [0.2, 0.25) is 5.02 Å². The minimum atomic E-state index is 0.0107. The third-order valence-corrected chi connectivity index (χ3v) is 5.89. The van der Waals surface area contributed by atoms with Crippen LogP contribution in [-0.2, 0) is 11.3 Å². The Morgan fingerprint density at radius 3 is 2.75 bits per heavy atom. The minimum Gasteiger partial charge on any atom is -0.454 e. The number of hydrogen-bond acceptors (Lipinski definition) is 6. The predicted molar refractivity (Wildman–Crippen MR) is 122 cm³/mol. The number of carbonyl (C=O) groups is 1. The Balaban J connectivity index is 1.12. The van der Waals surface area contributed by atoms with E-state index in [4.69, 9.17) is 21.1 Å². The van der Waals surface area contributed by atoms with Gasteiger partial charge in [-0.05, 0) is 35.9 Å². The lowest BCUT2D eigenvalue weighted by atomic mass is 10.2. The van der Waals surface area contributed by atoms with Gasteiger partial charge in [0, 0.05) is 55.8 Å². The molecule has 1 aromatic heterocycles. The number of nitrogens with zero attached hydrogens (tertiary/aromatic N) is 4. The summed E-state index contributed by atoms with van der Waals surface area (Å²) < 4.78 is 12.8. The molecule has 0 atom stereocenters. The van der Waals surface area contributed by atoms with E-state index in [0.717, 1.165) is 54.9 Å². The highest BCUT2D eigenvalue weighted by atomic mass is 35.5. The van der Waals surface area contributed by atoms with E-state index in [0.29, 0.717) is 18.1 Å². The van der Waals surface area contributed by atoms with Crippen molar-refractivity contribution >= 4 is 23.5 Å². The molecule has 8 nitrogen and oxygen atoms in total. The monoisotopic (exact) mass is 453 g/mol. The number of ether oxygens (including phenoxy) is 2. The highest BCUT2D eigenvalue weighted by Gasteiger charge is 2.22. The van der Waals surface area contributed by atoms with E-state index >= 15 is 0 Å². The molecule has 1 saturated heterocycles. The predicted octanol–water partition coefficient (Wildman–Crippen LogP) is 2.69. The van der Waals surface area contributed by atoms with E-state index in [1.807, 2.05) is 53.2 Å². The molecular weight excluding hydrogens is 430 g/mol. The molecule has 0 aliphatic carbocycles. The summed E-state index contributed by atoms with van der Waals surface area (Å²) in [5.41, 5.74) is 1.97. The zero-order valence-electron chi connectivity index (χ0n) is 17.5. The first kappa shape index (κ1) is 20.7. The molecule has 0 radical (unpaired) electrons. The lowest BCUT2D eigenvalue weighted by Gasteiger charge is -2.35. The van der Waals surface area contributed by atoms with Crippen LogP contribution < -0.4 is 19.7 Å². The topological polar surface area (TPSA) is 71.9 Å². The number of carbonyl (C=O) groups excluding carboxylic acids is 1. The summed E-state index contributed by atoms with van der Waals surface area (Å²) in [6.45, 7) is 4.27. The van der Waals surface area contributed by atoms with Crippen LogP contribution in [0.25, 0.3) is 5.69 Å². The molecule has 0 spiro atoms. The Morgan fingerprint density at radius 1 is 1.06 bits per heavy atom. The summed E-state index contributed by atoms with van der Waals surface area (Å²) in [5, 5.41) is 3.69. The highest BCUT2D eigenvalue weighted by Crippen LogP contribution is 2.32. The Hall–Kier alpha value is -3.23. The number of halogens is 1. The van der Waals surface area contributed by atoms with Crippen molar-refractivity contribution < 1.29 is 14.3 Å². The maximum absolute atomic E-state index is 12.4. The Labute approximate surface area is 191 Å². The summed E-state index contributed by atoms with van der Waals surface area (Å²) in [7, 11) is 0. The van der Waals surface area contributed by atoms with Gasteiger partial charge in [-0.2, -0.15) is 0 Å². The number of nitrogens with one attached hydrogen (secondary N) is 1. The average molecular weight is 454 g/mol. The van der Waals surface area contributed by atoms with Crippen molar-refractivity contribution in [1.82, 2.24) is 19.8 Å². The number of aromatic nitrogens is 2. The molecule has 32 heavy (non-hydrogen) atoms. The maximum Gasteiger partial charge on any atom is 0.234 e. The fourth-order valence-corrected chi connectivity index (χ4v) is 4.16. The summed E-state index contributed by atoms with van der Waals surface area (Å²) in [6.07, 6.45) is 3.74. The lowest BCUT2D eigenvalue weighted by Crippen LogP contribution is -2.50. The molecule has 9 heteroatoms. The van der Waals surface area contributed by atoms with Gasteiger partial charge in [-0.3, -0.25) is 14.3 Å². The molecule has 5 rings (SSSR count). The van der Waals surface area contributed by atoms with E-state index < -0.39 is 0 Å².